The molecule has 3 heterocycles. The van der Waals surface area contributed by atoms with Gasteiger partial charge in [-0.1, -0.05) is 30.3 Å². The maximum Gasteiger partial charge on any atom is 0.123 e. The molecule has 4 rings (SSSR count). The fourth-order valence-corrected chi connectivity index (χ4v) is 3.90. The quantitative estimate of drug-likeness (QED) is 0.761. The van der Waals surface area contributed by atoms with Gasteiger partial charge in [0.05, 0.1) is 11.4 Å². The highest BCUT2D eigenvalue weighted by Crippen LogP contribution is 2.24. The van der Waals surface area contributed by atoms with Gasteiger partial charge in [0.25, 0.3) is 0 Å². The first-order chi connectivity index (χ1) is 13.6. The van der Waals surface area contributed by atoms with Crippen molar-refractivity contribution in [3.8, 4) is 6.07 Å². The maximum absolute atomic E-state index is 10.7. The molecule has 0 bridgehead atoms. The molecule has 3 aromatic rings. The van der Waals surface area contributed by atoms with Crippen LogP contribution in [-0.4, -0.2) is 30.9 Å². The van der Waals surface area contributed by atoms with Gasteiger partial charge in [-0.15, -0.1) is 0 Å². The minimum absolute atomic E-state index is 0.695. The van der Waals surface area contributed by atoms with Crippen LogP contribution in [0.1, 0.15) is 46.4 Å². The van der Waals surface area contributed by atoms with Gasteiger partial charge in [-0.3, -0.25) is 9.58 Å². The Morgan fingerprint density at radius 1 is 1.21 bits per heavy atom. The smallest absolute Gasteiger partial charge is 0.123 e. The van der Waals surface area contributed by atoms with E-state index < -0.39 is 6.10 Å². The summed E-state index contributed by atoms with van der Waals surface area (Å²) in [5, 5.41) is 24.6. The molecule has 0 fully saturated rings. The highest BCUT2D eigenvalue weighted by molar-refractivity contribution is 5.34. The Hall–Kier alpha value is -2.88. The molecule has 1 unspecified atom stereocenters. The zero-order valence-corrected chi connectivity index (χ0v) is 16.3. The van der Waals surface area contributed by atoms with Crippen molar-refractivity contribution in [2.75, 3.05) is 6.54 Å². The first-order valence-corrected chi connectivity index (χ1v) is 9.64. The van der Waals surface area contributed by atoms with Crippen molar-refractivity contribution in [3.63, 3.8) is 0 Å². The van der Waals surface area contributed by atoms with Crippen LogP contribution in [0.5, 0.6) is 0 Å². The number of hydrogen-bond acceptors (Lipinski definition) is 4. The van der Waals surface area contributed by atoms with E-state index in [0.29, 0.717) is 11.4 Å². The van der Waals surface area contributed by atoms with Gasteiger partial charge in [-0.05, 0) is 36.6 Å². The highest BCUT2D eigenvalue weighted by Gasteiger charge is 2.21. The molecule has 1 atom stereocenters. The average Bonchev–Trinajstić information content (AvgIpc) is 3.16. The molecule has 1 aliphatic rings. The molecule has 0 amide bonds. The molecule has 6 heteroatoms. The Labute approximate surface area is 165 Å². The molecule has 1 aromatic carbocycles. The molecule has 144 valence electrons. The Morgan fingerprint density at radius 3 is 2.71 bits per heavy atom. The van der Waals surface area contributed by atoms with Crippen LogP contribution in [0.15, 0.2) is 42.5 Å². The average molecular weight is 375 g/mol. The van der Waals surface area contributed by atoms with Crippen molar-refractivity contribution in [1.82, 2.24) is 19.2 Å². The van der Waals surface area contributed by atoms with Gasteiger partial charge in [0.2, 0.25) is 0 Å². The lowest BCUT2D eigenvalue weighted by atomic mass is 10.1. The molecule has 0 radical (unpaired) electrons. The molecule has 6 nitrogen and oxygen atoms in total. The summed E-state index contributed by atoms with van der Waals surface area (Å²) < 4.78 is 3.98. The molecule has 1 N–H and O–H groups in total. The van der Waals surface area contributed by atoms with Crippen LogP contribution in [0.25, 0.3) is 0 Å². The van der Waals surface area contributed by atoms with Crippen molar-refractivity contribution < 1.29 is 5.11 Å². The fourth-order valence-electron chi connectivity index (χ4n) is 3.90. The third kappa shape index (κ3) is 3.47. The van der Waals surface area contributed by atoms with Gasteiger partial charge >= 0.3 is 0 Å². The predicted molar refractivity (Wildman–Crippen MR) is 106 cm³/mol. The number of aliphatic hydroxyl groups excluding tert-OH is 1. The van der Waals surface area contributed by atoms with E-state index in [2.05, 4.69) is 23.0 Å². The Bertz CT molecular complexity index is 1010. The molecule has 0 saturated carbocycles. The Kier molecular flexibility index (Phi) is 5.03. The van der Waals surface area contributed by atoms with Crippen LogP contribution in [0.4, 0.5) is 0 Å². The van der Waals surface area contributed by atoms with Crippen molar-refractivity contribution in [1.29, 1.82) is 5.26 Å². The monoisotopic (exact) mass is 375 g/mol. The number of rotatable bonds is 4. The normalized spacial score (nSPS) is 15.6. The number of nitriles is 1. The first kappa shape index (κ1) is 18.5. The van der Waals surface area contributed by atoms with Crippen LogP contribution in [0.3, 0.4) is 0 Å². The molecule has 0 saturated heterocycles. The SMILES string of the molecule is Cc1c(CN2CCCn3nc(C(O)c4ccccc4)cc3C2)cc(C#N)n1C. The van der Waals surface area contributed by atoms with Crippen LogP contribution in [0, 0.1) is 18.3 Å². The molecular formula is C22H25N5O. The van der Waals surface area contributed by atoms with Gasteiger partial charge in [0.15, 0.2) is 0 Å². The van der Waals surface area contributed by atoms with Gasteiger partial charge in [-0.25, -0.2) is 0 Å². The van der Waals surface area contributed by atoms with Gasteiger partial charge in [0.1, 0.15) is 17.9 Å². The summed E-state index contributed by atoms with van der Waals surface area (Å²) in [5.41, 5.74) is 5.70. The van der Waals surface area contributed by atoms with Crippen molar-refractivity contribution in [2.45, 2.75) is 39.1 Å². The molecule has 0 aliphatic carbocycles. The van der Waals surface area contributed by atoms with E-state index in [9.17, 15) is 10.4 Å². The van der Waals surface area contributed by atoms with Crippen LogP contribution in [-0.2, 0) is 26.7 Å². The fraction of sp³-hybridized carbons (Fsp3) is 0.364. The minimum Gasteiger partial charge on any atom is -0.382 e. The molecule has 28 heavy (non-hydrogen) atoms. The third-order valence-electron chi connectivity index (χ3n) is 5.66. The number of fused-ring (bicyclic) bond motifs is 1. The van der Waals surface area contributed by atoms with Crippen molar-refractivity contribution in [2.24, 2.45) is 7.05 Å². The predicted octanol–water partition coefficient (Wildman–Crippen LogP) is 2.89. The van der Waals surface area contributed by atoms with E-state index in [0.717, 1.165) is 49.6 Å². The van der Waals surface area contributed by atoms with E-state index in [1.807, 2.05) is 58.8 Å². The Morgan fingerprint density at radius 2 is 2.00 bits per heavy atom. The number of nitrogens with zero attached hydrogens (tertiary/aromatic N) is 5. The number of hydrogen-bond donors (Lipinski definition) is 1. The standard InChI is InChI=1S/C22H25N5O/c1-16-18(11-19(13-23)25(16)2)14-26-9-6-10-27-20(15-26)12-21(24-27)22(28)17-7-4-3-5-8-17/h3-5,7-8,11-12,22,28H,6,9-10,14-15H2,1-2H3. The van der Waals surface area contributed by atoms with Crippen LogP contribution in [0.2, 0.25) is 0 Å². The molecular weight excluding hydrogens is 350 g/mol. The van der Waals surface area contributed by atoms with Crippen LogP contribution < -0.4 is 0 Å². The number of aliphatic hydroxyl groups is 1. The van der Waals surface area contributed by atoms with E-state index >= 15 is 0 Å². The molecule has 0 spiro atoms. The number of aryl methyl sites for hydroxylation is 1. The maximum atomic E-state index is 10.7. The van der Waals surface area contributed by atoms with Crippen molar-refractivity contribution in [3.05, 3.63) is 76.4 Å². The van der Waals surface area contributed by atoms with Gasteiger partial charge < -0.3 is 9.67 Å². The summed E-state index contributed by atoms with van der Waals surface area (Å²) in [6.07, 6.45) is 0.302. The summed E-state index contributed by atoms with van der Waals surface area (Å²) in [6.45, 7) is 5.49. The second kappa shape index (κ2) is 7.63. The second-order valence-electron chi connectivity index (χ2n) is 7.47. The van der Waals surface area contributed by atoms with Gasteiger partial charge in [-0.2, -0.15) is 10.4 Å². The Balaban J connectivity index is 1.54. The van der Waals surface area contributed by atoms with Gasteiger partial charge in [0, 0.05) is 38.9 Å². The minimum atomic E-state index is -0.705. The first-order valence-electron chi connectivity index (χ1n) is 9.64. The van der Waals surface area contributed by atoms with E-state index in [1.165, 1.54) is 5.56 Å². The lowest BCUT2D eigenvalue weighted by Gasteiger charge is -2.19. The van der Waals surface area contributed by atoms with E-state index in [4.69, 9.17) is 0 Å². The molecule has 2 aromatic heterocycles. The summed E-state index contributed by atoms with van der Waals surface area (Å²) >= 11 is 0. The van der Waals surface area contributed by atoms with Crippen LogP contribution >= 0.6 is 0 Å². The molecule has 1 aliphatic heterocycles. The largest absolute Gasteiger partial charge is 0.382 e. The zero-order valence-electron chi connectivity index (χ0n) is 16.3. The van der Waals surface area contributed by atoms with E-state index in [1.54, 1.807) is 0 Å². The second-order valence-corrected chi connectivity index (χ2v) is 7.47. The summed E-state index contributed by atoms with van der Waals surface area (Å²) in [6, 6.07) is 15.9. The topological polar surface area (TPSA) is 70.0 Å². The summed E-state index contributed by atoms with van der Waals surface area (Å²) in [5.74, 6) is 0. The highest BCUT2D eigenvalue weighted by atomic mass is 16.3. The zero-order chi connectivity index (χ0) is 19.7. The number of benzene rings is 1. The summed E-state index contributed by atoms with van der Waals surface area (Å²) in [7, 11) is 1.94. The summed E-state index contributed by atoms with van der Waals surface area (Å²) in [4.78, 5) is 2.39. The lowest BCUT2D eigenvalue weighted by Crippen LogP contribution is -2.23. The van der Waals surface area contributed by atoms with Crippen molar-refractivity contribution >= 4 is 0 Å². The van der Waals surface area contributed by atoms with E-state index in [-0.39, 0.29) is 0 Å². The number of aromatic nitrogens is 3. The third-order valence-corrected chi connectivity index (χ3v) is 5.66. The lowest BCUT2D eigenvalue weighted by molar-refractivity contribution is 0.213.